The quantitative estimate of drug-likeness (QED) is 0.902. The minimum Gasteiger partial charge on any atom is -0.389 e. The van der Waals surface area contributed by atoms with Crippen LogP contribution in [0.5, 0.6) is 0 Å². The van der Waals surface area contributed by atoms with Crippen molar-refractivity contribution in [2.24, 2.45) is 0 Å². The maximum absolute atomic E-state index is 12.5. The zero-order valence-corrected chi connectivity index (χ0v) is 14.0. The highest BCUT2D eigenvalue weighted by atomic mass is 16.3. The van der Waals surface area contributed by atoms with Crippen molar-refractivity contribution >= 4 is 16.8 Å². The molecule has 0 aliphatic heterocycles. The van der Waals surface area contributed by atoms with Gasteiger partial charge in [-0.2, -0.15) is 0 Å². The van der Waals surface area contributed by atoms with Crippen LogP contribution >= 0.6 is 0 Å². The molecule has 0 fully saturated rings. The first-order valence-electron chi connectivity index (χ1n) is 7.68. The molecular weight excluding hydrogens is 294 g/mol. The third-order valence-electron chi connectivity index (χ3n) is 3.67. The highest BCUT2D eigenvalue weighted by Gasteiger charge is 2.21. The zero-order chi connectivity index (χ0) is 17.2. The van der Waals surface area contributed by atoms with Crippen molar-refractivity contribution in [1.29, 1.82) is 0 Å². The summed E-state index contributed by atoms with van der Waals surface area (Å²) < 4.78 is 1.32. The Morgan fingerprint density at radius 1 is 1.39 bits per heavy atom. The Morgan fingerprint density at radius 2 is 2.09 bits per heavy atom. The van der Waals surface area contributed by atoms with E-state index in [-0.39, 0.29) is 24.6 Å². The summed E-state index contributed by atoms with van der Waals surface area (Å²) in [5.41, 5.74) is 0.377. The van der Waals surface area contributed by atoms with Crippen molar-refractivity contribution in [3.8, 4) is 0 Å². The van der Waals surface area contributed by atoms with Crippen LogP contribution in [0.3, 0.4) is 0 Å². The van der Waals surface area contributed by atoms with Gasteiger partial charge in [0, 0.05) is 13.1 Å². The van der Waals surface area contributed by atoms with Gasteiger partial charge in [-0.3, -0.25) is 14.2 Å². The van der Waals surface area contributed by atoms with Crippen LogP contribution < -0.4 is 5.56 Å². The summed E-state index contributed by atoms with van der Waals surface area (Å²) in [6.45, 7) is 7.64. The SMILES string of the molecule is CCN(CC(C)(C)O)C(=O)Cn1cnc2c(C)cccc2c1=O. The summed E-state index contributed by atoms with van der Waals surface area (Å²) in [4.78, 5) is 30.8. The molecular formula is C17H23N3O3. The van der Waals surface area contributed by atoms with Crippen molar-refractivity contribution in [3.63, 3.8) is 0 Å². The average molecular weight is 317 g/mol. The predicted molar refractivity (Wildman–Crippen MR) is 89.3 cm³/mol. The van der Waals surface area contributed by atoms with E-state index in [1.54, 1.807) is 26.0 Å². The molecule has 0 radical (unpaired) electrons. The van der Waals surface area contributed by atoms with Gasteiger partial charge in [0.05, 0.1) is 22.8 Å². The van der Waals surface area contributed by atoms with E-state index in [1.165, 1.54) is 15.8 Å². The number of amides is 1. The highest BCUT2D eigenvalue weighted by molar-refractivity contribution is 5.81. The molecule has 0 saturated heterocycles. The molecule has 0 atom stereocenters. The number of aryl methyl sites for hydroxylation is 1. The van der Waals surface area contributed by atoms with Gasteiger partial charge in [0.2, 0.25) is 5.91 Å². The molecule has 0 aliphatic carbocycles. The van der Waals surface area contributed by atoms with Crippen molar-refractivity contribution in [2.75, 3.05) is 13.1 Å². The van der Waals surface area contributed by atoms with E-state index in [0.29, 0.717) is 17.4 Å². The summed E-state index contributed by atoms with van der Waals surface area (Å²) in [6.07, 6.45) is 1.41. The standard InChI is InChI=1S/C17H23N3O3/c1-5-19(10-17(3,4)23)14(21)9-20-11-18-15-12(2)7-6-8-13(15)16(20)22/h6-8,11,23H,5,9-10H2,1-4H3. The monoisotopic (exact) mass is 317 g/mol. The smallest absolute Gasteiger partial charge is 0.261 e. The van der Waals surface area contributed by atoms with E-state index in [9.17, 15) is 14.7 Å². The second kappa shape index (κ2) is 6.50. The first-order chi connectivity index (χ1) is 10.7. The Hall–Kier alpha value is -2.21. The normalized spacial score (nSPS) is 11.7. The molecule has 23 heavy (non-hydrogen) atoms. The summed E-state index contributed by atoms with van der Waals surface area (Å²) in [5, 5.41) is 10.4. The molecule has 1 aromatic carbocycles. The van der Waals surface area contributed by atoms with Gasteiger partial charge >= 0.3 is 0 Å². The van der Waals surface area contributed by atoms with E-state index in [0.717, 1.165) is 5.56 Å². The number of para-hydroxylation sites is 1. The lowest BCUT2D eigenvalue weighted by atomic mass is 10.1. The van der Waals surface area contributed by atoms with E-state index in [1.807, 2.05) is 19.9 Å². The lowest BCUT2D eigenvalue weighted by Crippen LogP contribution is -2.44. The van der Waals surface area contributed by atoms with Crippen LogP contribution in [0.25, 0.3) is 10.9 Å². The summed E-state index contributed by atoms with van der Waals surface area (Å²) >= 11 is 0. The molecule has 6 heteroatoms. The Morgan fingerprint density at radius 3 is 2.70 bits per heavy atom. The van der Waals surface area contributed by atoms with Gasteiger partial charge in [-0.25, -0.2) is 4.98 Å². The minimum atomic E-state index is -0.977. The van der Waals surface area contributed by atoms with Crippen LogP contribution in [0.1, 0.15) is 26.3 Å². The topological polar surface area (TPSA) is 75.4 Å². The fourth-order valence-electron chi connectivity index (χ4n) is 2.54. The number of carbonyl (C=O) groups is 1. The first-order valence-corrected chi connectivity index (χ1v) is 7.68. The van der Waals surface area contributed by atoms with Gasteiger partial charge in [-0.15, -0.1) is 0 Å². The summed E-state index contributed by atoms with van der Waals surface area (Å²) in [5.74, 6) is -0.217. The number of benzene rings is 1. The number of hydrogen-bond acceptors (Lipinski definition) is 4. The maximum Gasteiger partial charge on any atom is 0.261 e. The molecule has 2 rings (SSSR count). The fraction of sp³-hybridized carbons (Fsp3) is 0.471. The number of likely N-dealkylation sites (N-methyl/N-ethyl adjacent to an activating group) is 1. The van der Waals surface area contributed by atoms with Gasteiger partial charge in [-0.05, 0) is 39.3 Å². The van der Waals surface area contributed by atoms with Crippen molar-refractivity contribution < 1.29 is 9.90 Å². The van der Waals surface area contributed by atoms with Crippen molar-refractivity contribution in [1.82, 2.24) is 14.5 Å². The molecule has 6 nitrogen and oxygen atoms in total. The Labute approximate surface area is 135 Å². The first kappa shape index (κ1) is 17.1. The molecule has 124 valence electrons. The number of hydrogen-bond donors (Lipinski definition) is 1. The molecule has 0 saturated carbocycles. The summed E-state index contributed by atoms with van der Waals surface area (Å²) in [6, 6.07) is 5.42. The Bertz CT molecular complexity index is 775. The van der Waals surface area contributed by atoms with Gasteiger partial charge in [0.1, 0.15) is 6.54 Å². The maximum atomic E-state index is 12.5. The molecule has 2 aromatic rings. The van der Waals surface area contributed by atoms with E-state index in [2.05, 4.69) is 4.98 Å². The molecule has 1 N–H and O–H groups in total. The van der Waals surface area contributed by atoms with E-state index < -0.39 is 5.60 Å². The predicted octanol–water partition coefficient (Wildman–Crippen LogP) is 1.32. The van der Waals surface area contributed by atoms with Crippen LogP contribution in [0.2, 0.25) is 0 Å². The second-order valence-corrected chi connectivity index (χ2v) is 6.37. The van der Waals surface area contributed by atoms with Crippen LogP contribution in [-0.2, 0) is 11.3 Å². The molecule has 0 bridgehead atoms. The van der Waals surface area contributed by atoms with Crippen LogP contribution in [0.15, 0.2) is 29.3 Å². The Kier molecular flexibility index (Phi) is 4.85. The van der Waals surface area contributed by atoms with Crippen LogP contribution in [-0.4, -0.2) is 44.2 Å². The number of nitrogens with zero attached hydrogens (tertiary/aromatic N) is 3. The summed E-state index contributed by atoms with van der Waals surface area (Å²) in [7, 11) is 0. The average Bonchev–Trinajstić information content (AvgIpc) is 2.47. The van der Waals surface area contributed by atoms with Crippen molar-refractivity contribution in [3.05, 3.63) is 40.4 Å². The van der Waals surface area contributed by atoms with Gasteiger partial charge in [0.15, 0.2) is 0 Å². The number of fused-ring (bicyclic) bond motifs is 1. The molecule has 1 aromatic heterocycles. The fourth-order valence-corrected chi connectivity index (χ4v) is 2.54. The Balaban J connectivity index is 2.29. The zero-order valence-electron chi connectivity index (χ0n) is 14.0. The molecule has 0 unspecified atom stereocenters. The minimum absolute atomic E-state index is 0.0837. The molecule has 0 aliphatic rings. The van der Waals surface area contributed by atoms with Gasteiger partial charge < -0.3 is 10.0 Å². The van der Waals surface area contributed by atoms with E-state index >= 15 is 0 Å². The number of aromatic nitrogens is 2. The third kappa shape index (κ3) is 3.96. The van der Waals surface area contributed by atoms with Crippen LogP contribution in [0, 0.1) is 6.92 Å². The van der Waals surface area contributed by atoms with Gasteiger partial charge in [0.25, 0.3) is 5.56 Å². The number of rotatable bonds is 5. The molecule has 1 heterocycles. The lowest BCUT2D eigenvalue weighted by molar-refractivity contribution is -0.134. The second-order valence-electron chi connectivity index (χ2n) is 6.37. The highest BCUT2D eigenvalue weighted by Crippen LogP contribution is 2.11. The number of aliphatic hydroxyl groups is 1. The molecule has 0 spiro atoms. The van der Waals surface area contributed by atoms with E-state index in [4.69, 9.17) is 0 Å². The third-order valence-corrected chi connectivity index (χ3v) is 3.67. The number of carbonyl (C=O) groups excluding carboxylic acids is 1. The van der Waals surface area contributed by atoms with Crippen molar-refractivity contribution in [2.45, 2.75) is 39.8 Å². The molecule has 1 amide bonds. The van der Waals surface area contributed by atoms with Crippen LogP contribution in [0.4, 0.5) is 0 Å². The van der Waals surface area contributed by atoms with Gasteiger partial charge in [-0.1, -0.05) is 12.1 Å². The lowest BCUT2D eigenvalue weighted by Gasteiger charge is -2.28. The largest absolute Gasteiger partial charge is 0.389 e.